The van der Waals surface area contributed by atoms with E-state index in [1.807, 2.05) is 13.8 Å². The number of hydrogen-bond acceptors (Lipinski definition) is 5. The Hall–Kier alpha value is -1.59. The smallest absolute Gasteiger partial charge is 0.373 e. The first-order valence-electron chi connectivity index (χ1n) is 6.01. The second-order valence-corrected chi connectivity index (χ2v) is 4.64. The summed E-state index contributed by atoms with van der Waals surface area (Å²) in [5.41, 5.74) is 0.110. The predicted octanol–water partition coefficient (Wildman–Crippen LogP) is 2.60. The molecule has 0 unspecified atom stereocenters. The van der Waals surface area contributed by atoms with E-state index in [-0.39, 0.29) is 12.2 Å². The summed E-state index contributed by atoms with van der Waals surface area (Å²) in [7, 11) is 3.19. The summed E-state index contributed by atoms with van der Waals surface area (Å²) in [6, 6.07) is 6.60. The van der Waals surface area contributed by atoms with Gasteiger partial charge in [-0.25, -0.2) is 4.79 Å². The predicted molar refractivity (Wildman–Crippen MR) is 70.1 cm³/mol. The molecular weight excluding hydrogens is 248 g/mol. The van der Waals surface area contributed by atoms with Crippen LogP contribution in [0, 0.1) is 0 Å². The Morgan fingerprint density at radius 3 is 2.32 bits per heavy atom. The van der Waals surface area contributed by atoms with Crippen molar-refractivity contribution in [1.82, 2.24) is 0 Å². The van der Waals surface area contributed by atoms with Crippen molar-refractivity contribution < 1.29 is 24.0 Å². The Bertz CT molecular complexity index is 397. The van der Waals surface area contributed by atoms with E-state index in [1.165, 1.54) is 0 Å². The lowest BCUT2D eigenvalue weighted by atomic mass is 10.1. The molecule has 0 aromatic heterocycles. The minimum absolute atomic E-state index is 0.280. The van der Waals surface area contributed by atoms with Gasteiger partial charge in [0, 0.05) is 13.5 Å². The van der Waals surface area contributed by atoms with Gasteiger partial charge in [0.2, 0.25) is 0 Å². The third kappa shape index (κ3) is 5.28. The van der Waals surface area contributed by atoms with Crippen LogP contribution in [0.3, 0.4) is 0 Å². The topological polar surface area (TPSA) is 54.0 Å². The number of carbonyl (C=O) groups is 1. The molecule has 0 heterocycles. The van der Waals surface area contributed by atoms with Crippen molar-refractivity contribution in [3.63, 3.8) is 0 Å². The van der Waals surface area contributed by atoms with E-state index in [0.29, 0.717) is 17.7 Å². The quantitative estimate of drug-likeness (QED) is 0.432. The lowest BCUT2D eigenvalue weighted by Crippen LogP contribution is -2.24. The van der Waals surface area contributed by atoms with E-state index >= 15 is 0 Å². The summed E-state index contributed by atoms with van der Waals surface area (Å²) >= 11 is 0. The average molecular weight is 268 g/mol. The molecule has 0 aliphatic carbocycles. The SMILES string of the molecule is COc1ccc(C(=O)OOCCC(C)(C)OC)cc1. The van der Waals surface area contributed by atoms with Crippen LogP contribution in [0.1, 0.15) is 30.6 Å². The Kier molecular flexibility index (Phi) is 5.79. The van der Waals surface area contributed by atoms with Crippen LogP contribution in [-0.2, 0) is 14.5 Å². The van der Waals surface area contributed by atoms with Gasteiger partial charge >= 0.3 is 5.97 Å². The first-order valence-corrected chi connectivity index (χ1v) is 6.01. The van der Waals surface area contributed by atoms with Gasteiger partial charge in [-0.1, -0.05) is 0 Å². The summed E-state index contributed by atoms with van der Waals surface area (Å²) in [6.07, 6.45) is 0.624. The highest BCUT2D eigenvalue weighted by Gasteiger charge is 2.16. The third-order valence-corrected chi connectivity index (χ3v) is 2.80. The fraction of sp³-hybridized carbons (Fsp3) is 0.500. The fourth-order valence-electron chi connectivity index (χ4n) is 1.26. The lowest BCUT2D eigenvalue weighted by Gasteiger charge is -2.21. The van der Waals surface area contributed by atoms with Gasteiger partial charge in [0.15, 0.2) is 0 Å². The van der Waals surface area contributed by atoms with Gasteiger partial charge in [0.05, 0.1) is 24.9 Å². The second-order valence-electron chi connectivity index (χ2n) is 4.64. The minimum atomic E-state index is -0.530. The highest BCUT2D eigenvalue weighted by molar-refractivity contribution is 5.89. The van der Waals surface area contributed by atoms with Crippen LogP contribution >= 0.6 is 0 Å². The van der Waals surface area contributed by atoms with Gasteiger partial charge in [-0.15, -0.1) is 0 Å². The Morgan fingerprint density at radius 2 is 1.79 bits per heavy atom. The molecule has 1 aromatic carbocycles. The van der Waals surface area contributed by atoms with E-state index in [1.54, 1.807) is 38.5 Å². The van der Waals surface area contributed by atoms with Gasteiger partial charge in [0.25, 0.3) is 0 Å². The molecule has 5 nitrogen and oxygen atoms in total. The molecule has 1 rings (SSSR count). The van der Waals surface area contributed by atoms with Gasteiger partial charge < -0.3 is 9.47 Å². The van der Waals surface area contributed by atoms with Crippen molar-refractivity contribution in [3.05, 3.63) is 29.8 Å². The number of ether oxygens (including phenoxy) is 2. The van der Waals surface area contributed by atoms with E-state index in [0.717, 1.165) is 0 Å². The number of benzene rings is 1. The zero-order valence-corrected chi connectivity index (χ0v) is 11.8. The molecule has 0 saturated carbocycles. The largest absolute Gasteiger partial charge is 0.497 e. The summed E-state index contributed by atoms with van der Waals surface area (Å²) in [5, 5.41) is 0. The average Bonchev–Trinajstić information content (AvgIpc) is 2.43. The third-order valence-electron chi connectivity index (χ3n) is 2.80. The monoisotopic (exact) mass is 268 g/mol. The lowest BCUT2D eigenvalue weighted by molar-refractivity contribution is -0.247. The molecule has 0 bridgehead atoms. The van der Waals surface area contributed by atoms with E-state index < -0.39 is 5.97 Å². The summed E-state index contributed by atoms with van der Waals surface area (Å²) in [6.45, 7) is 4.14. The number of hydrogen-bond donors (Lipinski definition) is 0. The second kappa shape index (κ2) is 7.11. The Labute approximate surface area is 113 Å². The maximum Gasteiger partial charge on any atom is 0.373 e. The highest BCUT2D eigenvalue weighted by Crippen LogP contribution is 2.14. The molecule has 106 valence electrons. The summed E-state index contributed by atoms with van der Waals surface area (Å²) in [5.74, 6) is 0.150. The number of methoxy groups -OCH3 is 2. The molecule has 19 heavy (non-hydrogen) atoms. The first-order chi connectivity index (χ1) is 8.98. The van der Waals surface area contributed by atoms with E-state index in [2.05, 4.69) is 0 Å². The maximum atomic E-state index is 11.6. The van der Waals surface area contributed by atoms with Crippen LogP contribution in [0.5, 0.6) is 5.75 Å². The van der Waals surface area contributed by atoms with Crippen LogP contribution in [0.2, 0.25) is 0 Å². The number of rotatable bonds is 7. The molecule has 0 aliphatic rings. The number of carbonyl (C=O) groups excluding carboxylic acids is 1. The van der Waals surface area contributed by atoms with Gasteiger partial charge in [-0.3, -0.25) is 4.89 Å². The molecule has 0 saturated heterocycles. The van der Waals surface area contributed by atoms with Crippen molar-refractivity contribution in [1.29, 1.82) is 0 Å². The first kappa shape index (κ1) is 15.5. The van der Waals surface area contributed by atoms with Crippen molar-refractivity contribution in [2.45, 2.75) is 25.9 Å². The van der Waals surface area contributed by atoms with E-state index in [9.17, 15) is 4.79 Å². The molecule has 0 amide bonds. The molecule has 0 radical (unpaired) electrons. The van der Waals surface area contributed by atoms with Crippen LogP contribution < -0.4 is 4.74 Å². The molecule has 0 aliphatic heterocycles. The maximum absolute atomic E-state index is 11.6. The molecule has 0 spiro atoms. The normalized spacial score (nSPS) is 11.2. The van der Waals surface area contributed by atoms with Crippen LogP contribution in [0.4, 0.5) is 0 Å². The van der Waals surface area contributed by atoms with Crippen LogP contribution in [-0.4, -0.2) is 32.4 Å². The van der Waals surface area contributed by atoms with Crippen molar-refractivity contribution in [2.75, 3.05) is 20.8 Å². The molecule has 1 aromatic rings. The molecule has 5 heteroatoms. The van der Waals surface area contributed by atoms with Gasteiger partial charge in [-0.2, -0.15) is 4.89 Å². The summed E-state index contributed by atoms with van der Waals surface area (Å²) < 4.78 is 10.2. The standard InChI is InChI=1S/C14H20O5/c1-14(2,17-4)9-10-18-19-13(15)11-5-7-12(16-3)8-6-11/h5-8H,9-10H2,1-4H3. The molecule has 0 fully saturated rings. The summed E-state index contributed by atoms with van der Waals surface area (Å²) in [4.78, 5) is 21.2. The minimum Gasteiger partial charge on any atom is -0.497 e. The van der Waals surface area contributed by atoms with Crippen molar-refractivity contribution in [2.24, 2.45) is 0 Å². The van der Waals surface area contributed by atoms with Crippen LogP contribution in [0.15, 0.2) is 24.3 Å². The van der Waals surface area contributed by atoms with Crippen molar-refractivity contribution in [3.8, 4) is 5.75 Å². The Morgan fingerprint density at radius 1 is 1.16 bits per heavy atom. The van der Waals surface area contributed by atoms with Gasteiger partial charge in [-0.05, 0) is 38.1 Å². The highest BCUT2D eigenvalue weighted by atomic mass is 17.2. The Balaban J connectivity index is 2.35. The van der Waals surface area contributed by atoms with Crippen LogP contribution in [0.25, 0.3) is 0 Å². The van der Waals surface area contributed by atoms with Gasteiger partial charge in [0.1, 0.15) is 5.75 Å². The molecular formula is C14H20O5. The zero-order chi connectivity index (χ0) is 14.3. The molecule has 0 N–H and O–H groups in total. The molecule has 0 atom stereocenters. The zero-order valence-electron chi connectivity index (χ0n) is 11.8. The fourth-order valence-corrected chi connectivity index (χ4v) is 1.26. The van der Waals surface area contributed by atoms with Crippen molar-refractivity contribution >= 4 is 5.97 Å². The van der Waals surface area contributed by atoms with E-state index in [4.69, 9.17) is 19.2 Å².